The summed E-state index contributed by atoms with van der Waals surface area (Å²) in [5.41, 5.74) is 4.52. The third-order valence-electron chi connectivity index (χ3n) is 3.77. The van der Waals surface area contributed by atoms with Crippen LogP contribution in [0.25, 0.3) is 0 Å². The van der Waals surface area contributed by atoms with E-state index in [9.17, 15) is 9.90 Å². The molecule has 0 spiro atoms. The number of carbonyl (C=O) groups is 1. The van der Waals surface area contributed by atoms with Crippen molar-refractivity contribution in [3.8, 4) is 0 Å². The number of aryl methyl sites for hydroxylation is 2. The summed E-state index contributed by atoms with van der Waals surface area (Å²) in [5, 5.41) is 14.1. The minimum Gasteiger partial charge on any atom is -0.511 e. The Morgan fingerprint density at radius 1 is 1.33 bits per heavy atom. The fourth-order valence-corrected chi connectivity index (χ4v) is 2.71. The maximum atomic E-state index is 12.3. The Kier molecular flexibility index (Phi) is 4.41. The molecule has 1 aliphatic carbocycles. The van der Waals surface area contributed by atoms with Crippen LogP contribution in [-0.4, -0.2) is 27.1 Å². The van der Waals surface area contributed by atoms with Gasteiger partial charge in [-0.3, -0.25) is 4.79 Å². The summed E-state index contributed by atoms with van der Waals surface area (Å²) < 4.78 is 5.32. The van der Waals surface area contributed by atoms with Gasteiger partial charge in [0, 0.05) is 30.1 Å². The molecular weight excluding hydrogens is 308 g/mol. The molecule has 7 heteroatoms. The third-order valence-corrected chi connectivity index (χ3v) is 3.77. The molecule has 1 atom stereocenters. The van der Waals surface area contributed by atoms with Crippen molar-refractivity contribution in [3.05, 3.63) is 52.9 Å². The average Bonchev–Trinajstić information content (AvgIpc) is 3.03. The number of aliphatic hydroxyl groups excluding tert-OH is 1. The van der Waals surface area contributed by atoms with E-state index < -0.39 is 0 Å². The second-order valence-corrected chi connectivity index (χ2v) is 5.75. The first-order valence-electron chi connectivity index (χ1n) is 7.63. The molecule has 0 fully saturated rings. The van der Waals surface area contributed by atoms with Crippen LogP contribution in [-0.2, 0) is 4.79 Å². The highest BCUT2D eigenvalue weighted by molar-refractivity contribution is 6.14. The van der Waals surface area contributed by atoms with Crippen LogP contribution in [0.4, 0.5) is 5.95 Å². The van der Waals surface area contributed by atoms with Gasteiger partial charge in [-0.1, -0.05) is 0 Å². The number of carbonyl (C=O) groups excluding carboxylic acids is 1. The highest BCUT2D eigenvalue weighted by atomic mass is 16.3. The number of ketones is 1. The Morgan fingerprint density at radius 3 is 2.71 bits per heavy atom. The number of allylic oxidation sites excluding steroid dienone is 2. The number of aliphatic hydroxyl groups is 1. The van der Waals surface area contributed by atoms with Gasteiger partial charge in [0.05, 0.1) is 18.1 Å². The number of aromatic nitrogens is 2. The van der Waals surface area contributed by atoms with E-state index in [0.717, 1.165) is 11.4 Å². The van der Waals surface area contributed by atoms with Crippen molar-refractivity contribution >= 4 is 17.9 Å². The summed E-state index contributed by atoms with van der Waals surface area (Å²) in [6, 6.07) is 5.43. The number of nitrogens with one attached hydrogen (secondary N) is 1. The smallest absolute Gasteiger partial charge is 0.243 e. The summed E-state index contributed by atoms with van der Waals surface area (Å²) >= 11 is 0. The monoisotopic (exact) mass is 326 g/mol. The molecule has 7 nitrogen and oxygen atoms in total. The maximum Gasteiger partial charge on any atom is 0.243 e. The first kappa shape index (κ1) is 15.9. The van der Waals surface area contributed by atoms with Crippen LogP contribution >= 0.6 is 0 Å². The van der Waals surface area contributed by atoms with Gasteiger partial charge in [0.25, 0.3) is 0 Å². The molecule has 2 aromatic heterocycles. The molecule has 0 bridgehead atoms. The van der Waals surface area contributed by atoms with E-state index in [-0.39, 0.29) is 29.5 Å². The maximum absolute atomic E-state index is 12.3. The average molecular weight is 326 g/mol. The minimum atomic E-state index is -0.174. The highest BCUT2D eigenvalue weighted by Crippen LogP contribution is 2.33. The third kappa shape index (κ3) is 3.51. The molecule has 0 saturated heterocycles. The van der Waals surface area contributed by atoms with E-state index >= 15 is 0 Å². The van der Waals surface area contributed by atoms with Crippen LogP contribution < -0.4 is 5.43 Å². The van der Waals surface area contributed by atoms with E-state index in [1.54, 1.807) is 12.3 Å². The van der Waals surface area contributed by atoms with Crippen LogP contribution in [0.15, 0.2) is 45.3 Å². The molecule has 1 unspecified atom stereocenters. The minimum absolute atomic E-state index is 0.0135. The van der Waals surface area contributed by atoms with E-state index in [1.807, 2.05) is 26.0 Å². The Balaban J connectivity index is 1.72. The van der Waals surface area contributed by atoms with Crippen LogP contribution in [0.5, 0.6) is 0 Å². The second kappa shape index (κ2) is 6.66. The van der Waals surface area contributed by atoms with E-state index in [4.69, 9.17) is 4.42 Å². The lowest BCUT2D eigenvalue weighted by molar-refractivity contribution is -0.116. The zero-order chi connectivity index (χ0) is 17.1. The molecule has 0 radical (unpaired) electrons. The van der Waals surface area contributed by atoms with Gasteiger partial charge in [-0.25, -0.2) is 15.4 Å². The van der Waals surface area contributed by atoms with Gasteiger partial charge >= 0.3 is 0 Å². The van der Waals surface area contributed by atoms with E-state index in [2.05, 4.69) is 20.5 Å². The van der Waals surface area contributed by atoms with Gasteiger partial charge in [0.1, 0.15) is 11.5 Å². The zero-order valence-electron chi connectivity index (χ0n) is 13.5. The molecule has 124 valence electrons. The predicted octanol–water partition coefficient (Wildman–Crippen LogP) is 3.04. The second-order valence-electron chi connectivity index (χ2n) is 5.75. The number of anilines is 1. The molecule has 3 rings (SSSR count). The summed E-state index contributed by atoms with van der Waals surface area (Å²) in [6.07, 6.45) is 3.50. The molecule has 0 aliphatic heterocycles. The lowest BCUT2D eigenvalue weighted by Crippen LogP contribution is -2.19. The van der Waals surface area contributed by atoms with Crippen LogP contribution in [0.3, 0.4) is 0 Å². The summed E-state index contributed by atoms with van der Waals surface area (Å²) in [6.45, 7) is 3.72. The molecule has 2 heterocycles. The Bertz CT molecular complexity index is 789. The number of hydrazone groups is 1. The summed E-state index contributed by atoms with van der Waals surface area (Å²) in [5.74, 6) is 0.750. The van der Waals surface area contributed by atoms with E-state index in [1.165, 1.54) is 6.21 Å². The molecular formula is C17H18N4O3. The molecule has 2 N–H and O–H groups in total. The molecule has 1 aliphatic rings. The highest BCUT2D eigenvalue weighted by Gasteiger charge is 2.29. The summed E-state index contributed by atoms with van der Waals surface area (Å²) in [4.78, 5) is 20.6. The molecule has 0 saturated carbocycles. The quantitative estimate of drug-likeness (QED) is 0.661. The first-order chi connectivity index (χ1) is 11.5. The predicted molar refractivity (Wildman–Crippen MR) is 89.0 cm³/mol. The number of rotatable bonds is 4. The Hall–Kier alpha value is -2.96. The lowest BCUT2D eigenvalue weighted by Gasteiger charge is -2.20. The van der Waals surface area contributed by atoms with Crippen LogP contribution in [0.1, 0.15) is 35.9 Å². The van der Waals surface area contributed by atoms with Gasteiger partial charge in [-0.15, -0.1) is 0 Å². The van der Waals surface area contributed by atoms with Gasteiger partial charge in [-0.2, -0.15) is 5.10 Å². The van der Waals surface area contributed by atoms with Gasteiger partial charge in [0.2, 0.25) is 5.95 Å². The number of furan rings is 1. The molecule has 2 aromatic rings. The van der Waals surface area contributed by atoms with Gasteiger partial charge in [-0.05, 0) is 32.0 Å². The molecule has 24 heavy (non-hydrogen) atoms. The van der Waals surface area contributed by atoms with Crippen molar-refractivity contribution < 1.29 is 14.3 Å². The van der Waals surface area contributed by atoms with Crippen molar-refractivity contribution in [2.45, 2.75) is 32.6 Å². The number of hydrogen-bond donors (Lipinski definition) is 2. The van der Waals surface area contributed by atoms with E-state index in [0.29, 0.717) is 18.1 Å². The zero-order valence-corrected chi connectivity index (χ0v) is 13.5. The molecule has 0 amide bonds. The standard InChI is InChI=1S/C17H18N4O3/c1-10-6-11(2)20-17(19-10)21-18-9-13-14(22)7-12(8-15(13)23)16-4-3-5-24-16/h3-6,9,12,22H,7-8H2,1-2H3,(H,19,20,21). The van der Waals surface area contributed by atoms with Crippen molar-refractivity contribution in [1.29, 1.82) is 0 Å². The number of nitrogens with zero attached hydrogens (tertiary/aromatic N) is 3. The van der Waals surface area contributed by atoms with Crippen molar-refractivity contribution in [3.63, 3.8) is 0 Å². The van der Waals surface area contributed by atoms with Crippen molar-refractivity contribution in [2.75, 3.05) is 5.43 Å². The van der Waals surface area contributed by atoms with Crippen LogP contribution in [0, 0.1) is 13.8 Å². The van der Waals surface area contributed by atoms with Crippen LogP contribution in [0.2, 0.25) is 0 Å². The Labute approximate surface area is 139 Å². The normalized spacial score (nSPS) is 18.4. The largest absolute Gasteiger partial charge is 0.511 e. The number of Topliss-reactive ketones (excluding diaryl/α,β-unsaturated/α-hetero) is 1. The first-order valence-corrected chi connectivity index (χ1v) is 7.63. The Morgan fingerprint density at radius 2 is 2.08 bits per heavy atom. The number of hydrogen-bond acceptors (Lipinski definition) is 7. The lowest BCUT2D eigenvalue weighted by atomic mass is 9.86. The fourth-order valence-electron chi connectivity index (χ4n) is 2.71. The SMILES string of the molecule is Cc1cc(C)nc(NN=CC2=C(O)CC(c3ccco3)CC2=O)n1. The van der Waals surface area contributed by atoms with Gasteiger partial charge < -0.3 is 9.52 Å². The topological polar surface area (TPSA) is 101 Å². The van der Waals surface area contributed by atoms with Gasteiger partial charge in [0.15, 0.2) is 5.78 Å². The fraction of sp³-hybridized carbons (Fsp3) is 0.294. The van der Waals surface area contributed by atoms with Crippen molar-refractivity contribution in [1.82, 2.24) is 9.97 Å². The van der Waals surface area contributed by atoms with Crippen molar-refractivity contribution in [2.24, 2.45) is 5.10 Å². The molecule has 0 aromatic carbocycles. The summed E-state index contributed by atoms with van der Waals surface area (Å²) in [7, 11) is 0.